The molecule has 0 saturated carbocycles. The number of hydrogen-bond donors (Lipinski definition) is 2. The van der Waals surface area contributed by atoms with Gasteiger partial charge < -0.3 is 34.4 Å². The Labute approximate surface area is 278 Å². The second-order valence-corrected chi connectivity index (χ2v) is 13.4. The third kappa shape index (κ3) is 9.98. The largest absolute Gasteiger partial charge is 0.445 e. The fourth-order valence-electron chi connectivity index (χ4n) is 6.61. The maximum atomic E-state index is 13.6. The van der Waals surface area contributed by atoms with Gasteiger partial charge in [0.2, 0.25) is 11.6 Å². The smallest absolute Gasteiger partial charge is 0.410 e. The van der Waals surface area contributed by atoms with Gasteiger partial charge in [-0.25, -0.2) is 9.59 Å². The summed E-state index contributed by atoms with van der Waals surface area (Å²) < 4.78 is 11.5. The number of allylic oxidation sites excluding steroid dienone is 2. The zero-order valence-electron chi connectivity index (χ0n) is 28.2. The summed E-state index contributed by atoms with van der Waals surface area (Å²) in [6, 6.07) is 7.20. The second-order valence-electron chi connectivity index (χ2n) is 13.4. The Morgan fingerprint density at radius 2 is 1.74 bits per heavy atom. The maximum absolute atomic E-state index is 13.6. The van der Waals surface area contributed by atoms with Crippen LogP contribution in [0.3, 0.4) is 0 Å². The number of ether oxygens (including phenoxy) is 2. The summed E-state index contributed by atoms with van der Waals surface area (Å²) in [4.78, 5) is 57.8. The summed E-state index contributed by atoms with van der Waals surface area (Å²) in [6.07, 6.45) is 5.33. The van der Waals surface area contributed by atoms with Gasteiger partial charge >= 0.3 is 12.2 Å². The Bertz CT molecular complexity index is 1320. The molecule has 2 N–H and O–H groups in total. The van der Waals surface area contributed by atoms with E-state index in [0.29, 0.717) is 38.0 Å². The molecular weight excluding hydrogens is 602 g/mol. The molecule has 11 heteroatoms. The van der Waals surface area contributed by atoms with E-state index in [2.05, 4.69) is 4.90 Å². The molecule has 2 heterocycles. The van der Waals surface area contributed by atoms with Gasteiger partial charge in [-0.15, -0.1) is 0 Å². The lowest BCUT2D eigenvalue weighted by Gasteiger charge is -2.33. The van der Waals surface area contributed by atoms with Crippen LogP contribution in [0.2, 0.25) is 0 Å². The van der Waals surface area contributed by atoms with E-state index in [1.165, 1.54) is 0 Å². The third-order valence-electron chi connectivity index (χ3n) is 9.64. The highest BCUT2D eigenvalue weighted by Gasteiger charge is 2.34. The van der Waals surface area contributed by atoms with Gasteiger partial charge in [0.25, 0.3) is 0 Å². The van der Waals surface area contributed by atoms with E-state index in [1.807, 2.05) is 70.3 Å². The molecule has 1 aromatic rings. The predicted molar refractivity (Wildman–Crippen MR) is 177 cm³/mol. The molecule has 0 unspecified atom stereocenters. The van der Waals surface area contributed by atoms with Crippen LogP contribution in [0.5, 0.6) is 0 Å². The average Bonchev–Trinajstić information content (AvgIpc) is 3.53. The van der Waals surface area contributed by atoms with E-state index in [1.54, 1.807) is 9.80 Å². The number of hydrogen-bond acceptors (Lipinski definition) is 9. The average molecular weight is 654 g/mol. The summed E-state index contributed by atoms with van der Waals surface area (Å²) in [6.45, 7) is 8.88. The van der Waals surface area contributed by atoms with Crippen LogP contribution in [0.4, 0.5) is 9.59 Å². The maximum Gasteiger partial charge on any atom is 0.410 e. The number of Topliss-reactive ketones (excluding diaryl/α,β-unsaturated/α-hetero) is 2. The SMILES string of the molecule is C/C(=C\c1cccc(COC(=O)N2CCC[C@@H]2CO)c1)[C@H]1C(=O)C(=O)C[C@H](O)CC[C@H](C)[C@@H](OC(=O)N2CCN(C)CC2)/C=C/[C@@H]1C. The van der Waals surface area contributed by atoms with E-state index in [4.69, 9.17) is 9.47 Å². The van der Waals surface area contributed by atoms with Crippen molar-refractivity contribution < 1.29 is 38.9 Å². The highest BCUT2D eigenvalue weighted by Crippen LogP contribution is 2.29. The number of rotatable bonds is 6. The minimum Gasteiger partial charge on any atom is -0.445 e. The number of ketones is 2. The molecule has 2 amide bonds. The van der Waals surface area contributed by atoms with Crippen LogP contribution in [0.25, 0.3) is 6.08 Å². The number of aliphatic hydroxyl groups excluding tert-OH is 2. The van der Waals surface area contributed by atoms with Crippen molar-refractivity contribution >= 4 is 29.8 Å². The van der Waals surface area contributed by atoms with Crippen LogP contribution >= 0.6 is 0 Å². The summed E-state index contributed by atoms with van der Waals surface area (Å²) in [5, 5.41) is 20.2. The van der Waals surface area contributed by atoms with Gasteiger partial charge in [0.15, 0.2) is 0 Å². The van der Waals surface area contributed by atoms with E-state index in [9.17, 15) is 29.4 Å². The van der Waals surface area contributed by atoms with Gasteiger partial charge in [0.1, 0.15) is 12.7 Å². The molecule has 1 aromatic carbocycles. The zero-order chi connectivity index (χ0) is 34.1. The molecule has 2 saturated heterocycles. The first-order valence-corrected chi connectivity index (χ1v) is 16.9. The van der Waals surface area contributed by atoms with Crippen molar-refractivity contribution in [3.63, 3.8) is 0 Å². The number of carbonyl (C=O) groups excluding carboxylic acids is 4. The minimum absolute atomic E-state index is 0.0541. The van der Waals surface area contributed by atoms with Gasteiger partial charge in [-0.1, -0.05) is 49.8 Å². The highest BCUT2D eigenvalue weighted by atomic mass is 16.6. The van der Waals surface area contributed by atoms with Gasteiger partial charge in [-0.3, -0.25) is 9.59 Å². The Balaban J connectivity index is 1.52. The lowest BCUT2D eigenvalue weighted by Crippen LogP contribution is -2.48. The molecule has 11 nitrogen and oxygen atoms in total. The Hall–Kier alpha value is -3.54. The monoisotopic (exact) mass is 653 g/mol. The highest BCUT2D eigenvalue weighted by molar-refractivity contribution is 6.38. The van der Waals surface area contributed by atoms with E-state index >= 15 is 0 Å². The molecule has 2 aliphatic heterocycles. The molecule has 0 spiro atoms. The van der Waals surface area contributed by atoms with Crippen LogP contribution in [0, 0.1) is 17.8 Å². The molecule has 2 fully saturated rings. The summed E-state index contributed by atoms with van der Waals surface area (Å²) in [5.41, 5.74) is 2.21. The van der Waals surface area contributed by atoms with Crippen LogP contribution < -0.4 is 0 Å². The summed E-state index contributed by atoms with van der Waals surface area (Å²) >= 11 is 0. The predicted octanol–water partition coefficient (Wildman–Crippen LogP) is 4.06. The Morgan fingerprint density at radius 1 is 1.00 bits per heavy atom. The van der Waals surface area contributed by atoms with Crippen molar-refractivity contribution in [1.29, 1.82) is 0 Å². The van der Waals surface area contributed by atoms with E-state index in [0.717, 1.165) is 37.1 Å². The third-order valence-corrected chi connectivity index (χ3v) is 9.64. The number of carbonyl (C=O) groups is 4. The van der Waals surface area contributed by atoms with Crippen LogP contribution in [-0.4, -0.2) is 113 Å². The van der Waals surface area contributed by atoms with Crippen molar-refractivity contribution in [2.24, 2.45) is 17.8 Å². The zero-order valence-corrected chi connectivity index (χ0v) is 28.2. The lowest BCUT2D eigenvalue weighted by molar-refractivity contribution is -0.140. The van der Waals surface area contributed by atoms with Gasteiger partial charge in [0.05, 0.1) is 24.7 Å². The Kier molecular flexibility index (Phi) is 13.2. The number of amides is 2. The normalized spacial score (nSPS) is 29.2. The molecule has 0 radical (unpaired) electrons. The van der Waals surface area contributed by atoms with Crippen LogP contribution in [0.15, 0.2) is 42.0 Å². The van der Waals surface area contributed by atoms with Crippen molar-refractivity contribution in [1.82, 2.24) is 14.7 Å². The fraction of sp³-hybridized carbons (Fsp3) is 0.611. The molecule has 6 atom stereocenters. The first kappa shape index (κ1) is 36.3. The quantitative estimate of drug-likeness (QED) is 0.344. The van der Waals surface area contributed by atoms with E-state index < -0.39 is 41.7 Å². The lowest BCUT2D eigenvalue weighted by atomic mass is 9.79. The molecule has 258 valence electrons. The van der Waals surface area contributed by atoms with Gasteiger partial charge in [0, 0.05) is 39.1 Å². The standard InChI is InChI=1S/C36H51N3O8/c1-24-10-12-30(41)21-31(42)34(43)33(25(2)11-13-32(24)47-35(44)38-17-15-37(4)16-18-38)26(3)19-27-7-5-8-28(20-27)23-46-36(45)39-14-6-9-29(39)22-40/h5,7-8,11,13,19-20,24-25,29-30,32-33,40-41H,6,9-10,12,14-18,21-23H2,1-4H3/b13-11+,26-19+/t24-,25-,29+,30+,32-,33-/m0/s1. The number of likely N-dealkylation sites (N-methyl/N-ethyl adjacent to an activating group) is 1. The molecule has 0 bridgehead atoms. The van der Waals surface area contributed by atoms with Crippen molar-refractivity contribution in [3.8, 4) is 0 Å². The minimum atomic E-state index is -0.973. The molecule has 1 aliphatic carbocycles. The number of aliphatic hydroxyl groups is 2. The van der Waals surface area contributed by atoms with Crippen LogP contribution in [-0.2, 0) is 25.7 Å². The second kappa shape index (κ2) is 17.0. The van der Waals surface area contributed by atoms with E-state index in [-0.39, 0.29) is 37.7 Å². The fourth-order valence-corrected chi connectivity index (χ4v) is 6.61. The van der Waals surface area contributed by atoms with Crippen molar-refractivity contribution in [2.75, 3.05) is 46.4 Å². The van der Waals surface area contributed by atoms with Gasteiger partial charge in [-0.2, -0.15) is 0 Å². The molecular formula is C36H51N3O8. The molecule has 47 heavy (non-hydrogen) atoms. The summed E-state index contributed by atoms with van der Waals surface area (Å²) in [7, 11) is 2.02. The number of likely N-dealkylation sites (tertiary alicyclic amines) is 1. The van der Waals surface area contributed by atoms with Gasteiger partial charge in [-0.05, 0) is 74.8 Å². The molecule has 4 rings (SSSR count). The first-order valence-electron chi connectivity index (χ1n) is 16.9. The number of piperazine rings is 1. The topological polar surface area (TPSA) is 137 Å². The van der Waals surface area contributed by atoms with Crippen LogP contribution in [0.1, 0.15) is 64.0 Å². The molecule has 3 aliphatic rings. The summed E-state index contributed by atoms with van der Waals surface area (Å²) in [5.74, 6) is -2.47. The van der Waals surface area contributed by atoms with Crippen molar-refractivity contribution in [2.45, 2.75) is 77.7 Å². The Morgan fingerprint density at radius 3 is 2.47 bits per heavy atom. The molecule has 0 aromatic heterocycles. The van der Waals surface area contributed by atoms with Crippen molar-refractivity contribution in [3.05, 3.63) is 53.1 Å². The number of nitrogens with zero attached hydrogens (tertiary/aromatic N) is 3. The number of benzene rings is 1. The first-order chi connectivity index (χ1) is 22.5.